The first-order valence-corrected chi connectivity index (χ1v) is 8.78. The van der Waals surface area contributed by atoms with Crippen molar-refractivity contribution in [2.45, 2.75) is 65.5 Å². The van der Waals surface area contributed by atoms with Crippen molar-refractivity contribution in [1.82, 2.24) is 0 Å². The minimum Gasteiger partial charge on any atom is -0.459 e. The molecule has 0 aromatic heterocycles. The highest BCUT2D eigenvalue weighted by molar-refractivity contribution is 5.89. The summed E-state index contributed by atoms with van der Waals surface area (Å²) in [5.74, 6) is -0.822. The topological polar surface area (TPSA) is 71.1 Å². The second-order valence-electron chi connectivity index (χ2n) is 7.00. The zero-order chi connectivity index (χ0) is 19.7. The summed E-state index contributed by atoms with van der Waals surface area (Å²) in [6.45, 7) is 9.93. The lowest BCUT2D eigenvalue weighted by molar-refractivity contribution is -0.155. The lowest BCUT2D eigenvalue weighted by Crippen LogP contribution is -2.30. The van der Waals surface area contributed by atoms with Gasteiger partial charge >= 0.3 is 11.9 Å². The van der Waals surface area contributed by atoms with Crippen molar-refractivity contribution >= 4 is 11.9 Å². The summed E-state index contributed by atoms with van der Waals surface area (Å²) >= 11 is 0. The lowest BCUT2D eigenvalue weighted by Gasteiger charge is -2.25. The Hall–Kier alpha value is -1.92. The van der Waals surface area contributed by atoms with Crippen molar-refractivity contribution in [3.05, 3.63) is 35.4 Å². The van der Waals surface area contributed by atoms with Crippen molar-refractivity contribution in [1.29, 1.82) is 0 Å². The molecule has 1 aromatic carbocycles. The highest BCUT2D eigenvalue weighted by atomic mass is 16.6. The van der Waals surface area contributed by atoms with Crippen LogP contribution in [0, 0.1) is 0 Å². The van der Waals surface area contributed by atoms with Crippen molar-refractivity contribution < 1.29 is 28.5 Å². The van der Waals surface area contributed by atoms with Crippen LogP contribution in [0.5, 0.6) is 0 Å². The van der Waals surface area contributed by atoms with Crippen LogP contribution >= 0.6 is 0 Å². The minimum absolute atomic E-state index is 0.125. The highest BCUT2D eigenvalue weighted by Crippen LogP contribution is 2.18. The van der Waals surface area contributed by atoms with Crippen LogP contribution in [-0.4, -0.2) is 43.5 Å². The number of esters is 2. The zero-order valence-electron chi connectivity index (χ0n) is 16.5. The van der Waals surface area contributed by atoms with Crippen LogP contribution in [0.15, 0.2) is 24.3 Å². The fourth-order valence-corrected chi connectivity index (χ4v) is 2.01. The molecule has 0 radical (unpaired) electrons. The fraction of sp³-hybridized carbons (Fsp3) is 0.600. The summed E-state index contributed by atoms with van der Waals surface area (Å²) in [6, 6.07) is 6.78. The average Bonchev–Trinajstić information content (AvgIpc) is 2.58. The van der Waals surface area contributed by atoms with Gasteiger partial charge < -0.3 is 18.9 Å². The van der Waals surface area contributed by atoms with E-state index in [-0.39, 0.29) is 12.7 Å². The van der Waals surface area contributed by atoms with E-state index in [2.05, 4.69) is 0 Å². The summed E-state index contributed by atoms with van der Waals surface area (Å²) in [5, 5.41) is 0. The van der Waals surface area contributed by atoms with E-state index in [9.17, 15) is 9.59 Å². The zero-order valence-corrected chi connectivity index (χ0v) is 16.5. The molecule has 0 saturated heterocycles. The third-order valence-electron chi connectivity index (χ3n) is 3.78. The average molecular weight is 366 g/mol. The molecule has 1 aromatic rings. The molecular formula is C20H30O6. The normalized spacial score (nSPS) is 12.7. The number of hydrogen-bond donors (Lipinski definition) is 0. The first-order valence-electron chi connectivity index (χ1n) is 8.78. The SMILES string of the molecule is COC(C)C(=O)OCc1ccc(C(=O)OC(C)(C)CCOC(C)C)cc1. The first-order chi connectivity index (χ1) is 12.1. The van der Waals surface area contributed by atoms with Gasteiger partial charge in [-0.15, -0.1) is 0 Å². The van der Waals surface area contributed by atoms with Crippen molar-refractivity contribution in [3.63, 3.8) is 0 Å². The largest absolute Gasteiger partial charge is 0.459 e. The van der Waals surface area contributed by atoms with E-state index in [1.54, 1.807) is 31.2 Å². The van der Waals surface area contributed by atoms with Crippen LogP contribution in [0.4, 0.5) is 0 Å². The lowest BCUT2D eigenvalue weighted by atomic mass is 10.1. The molecule has 0 amide bonds. The Balaban J connectivity index is 2.54. The van der Waals surface area contributed by atoms with Crippen molar-refractivity contribution in [2.24, 2.45) is 0 Å². The molecule has 26 heavy (non-hydrogen) atoms. The fourth-order valence-electron chi connectivity index (χ4n) is 2.01. The summed E-state index contributed by atoms with van der Waals surface area (Å²) in [5.41, 5.74) is 0.613. The van der Waals surface area contributed by atoms with E-state index in [0.717, 1.165) is 5.56 Å². The van der Waals surface area contributed by atoms with Crippen LogP contribution < -0.4 is 0 Å². The molecule has 1 atom stereocenters. The predicted molar refractivity (Wildman–Crippen MR) is 97.9 cm³/mol. The first kappa shape index (κ1) is 22.1. The Labute approximate surface area is 155 Å². The molecule has 0 spiro atoms. The molecule has 0 fully saturated rings. The smallest absolute Gasteiger partial charge is 0.338 e. The molecule has 0 heterocycles. The highest BCUT2D eigenvalue weighted by Gasteiger charge is 2.24. The van der Waals surface area contributed by atoms with Crippen LogP contribution in [0.2, 0.25) is 0 Å². The Morgan fingerprint density at radius 1 is 1.08 bits per heavy atom. The molecule has 6 nitrogen and oxygen atoms in total. The quantitative estimate of drug-likeness (QED) is 0.590. The van der Waals surface area contributed by atoms with E-state index >= 15 is 0 Å². The predicted octanol–water partition coefficient (Wildman–Crippen LogP) is 3.52. The van der Waals surface area contributed by atoms with Crippen LogP contribution in [0.3, 0.4) is 0 Å². The molecule has 1 unspecified atom stereocenters. The van der Waals surface area contributed by atoms with Gasteiger partial charge in [0, 0.05) is 13.5 Å². The van der Waals surface area contributed by atoms with E-state index in [1.165, 1.54) is 7.11 Å². The van der Waals surface area contributed by atoms with Gasteiger partial charge in [0.15, 0.2) is 6.10 Å². The van der Waals surface area contributed by atoms with Gasteiger partial charge in [-0.1, -0.05) is 12.1 Å². The molecule has 0 bridgehead atoms. The van der Waals surface area contributed by atoms with Gasteiger partial charge in [0.05, 0.1) is 18.3 Å². The molecule has 0 aliphatic carbocycles. The van der Waals surface area contributed by atoms with Crippen LogP contribution in [0.25, 0.3) is 0 Å². The van der Waals surface area contributed by atoms with E-state index in [4.69, 9.17) is 18.9 Å². The number of rotatable bonds is 10. The second kappa shape index (κ2) is 10.3. The van der Waals surface area contributed by atoms with Gasteiger partial charge in [-0.05, 0) is 52.3 Å². The maximum absolute atomic E-state index is 12.3. The number of hydrogen-bond acceptors (Lipinski definition) is 6. The molecule has 0 saturated carbocycles. The number of carbonyl (C=O) groups excluding carboxylic acids is 2. The molecule has 0 aliphatic heterocycles. The molecule has 0 aliphatic rings. The maximum Gasteiger partial charge on any atom is 0.338 e. The van der Waals surface area contributed by atoms with E-state index in [1.807, 2.05) is 27.7 Å². The van der Waals surface area contributed by atoms with Gasteiger partial charge in [0.1, 0.15) is 12.2 Å². The third kappa shape index (κ3) is 7.97. The molecular weight excluding hydrogens is 336 g/mol. The molecule has 1 rings (SSSR count). The van der Waals surface area contributed by atoms with Gasteiger partial charge in [-0.2, -0.15) is 0 Å². The summed E-state index contributed by atoms with van der Waals surface area (Å²) < 4.78 is 21.1. The van der Waals surface area contributed by atoms with Crippen molar-refractivity contribution in [2.75, 3.05) is 13.7 Å². The monoisotopic (exact) mass is 366 g/mol. The van der Waals surface area contributed by atoms with Gasteiger partial charge in [-0.25, -0.2) is 9.59 Å². The number of carbonyl (C=O) groups is 2. The number of ether oxygens (including phenoxy) is 4. The van der Waals surface area contributed by atoms with Crippen LogP contribution in [-0.2, 0) is 30.3 Å². The standard InChI is InChI=1S/C20H30O6/c1-14(2)24-12-11-20(4,5)26-19(22)17-9-7-16(8-10-17)13-25-18(21)15(3)23-6/h7-10,14-15H,11-13H2,1-6H3. The Kier molecular flexibility index (Phi) is 8.75. The molecule has 6 heteroatoms. The minimum atomic E-state index is -0.615. The second-order valence-corrected chi connectivity index (χ2v) is 7.00. The Morgan fingerprint density at radius 3 is 2.23 bits per heavy atom. The van der Waals surface area contributed by atoms with E-state index < -0.39 is 23.6 Å². The molecule has 0 N–H and O–H groups in total. The van der Waals surface area contributed by atoms with Gasteiger partial charge in [-0.3, -0.25) is 0 Å². The van der Waals surface area contributed by atoms with E-state index in [0.29, 0.717) is 18.6 Å². The van der Waals surface area contributed by atoms with Gasteiger partial charge in [0.2, 0.25) is 0 Å². The molecule has 146 valence electrons. The number of methoxy groups -OCH3 is 1. The Bertz CT molecular complexity index is 576. The summed E-state index contributed by atoms with van der Waals surface area (Å²) in [6.07, 6.45) is 0.156. The maximum atomic E-state index is 12.3. The van der Waals surface area contributed by atoms with Gasteiger partial charge in [0.25, 0.3) is 0 Å². The summed E-state index contributed by atoms with van der Waals surface area (Å²) in [4.78, 5) is 23.9. The number of benzene rings is 1. The van der Waals surface area contributed by atoms with Crippen LogP contribution in [0.1, 0.15) is 57.0 Å². The third-order valence-corrected chi connectivity index (χ3v) is 3.78. The Morgan fingerprint density at radius 2 is 1.69 bits per heavy atom. The summed E-state index contributed by atoms with van der Waals surface area (Å²) in [7, 11) is 1.45. The van der Waals surface area contributed by atoms with Crippen molar-refractivity contribution in [3.8, 4) is 0 Å².